The molecule has 2 aromatic carbocycles. The van der Waals surface area contributed by atoms with E-state index in [4.69, 9.17) is 9.15 Å². The molecule has 7 heteroatoms. The van der Waals surface area contributed by atoms with Crippen LogP contribution in [0.5, 0.6) is 0 Å². The normalized spacial score (nSPS) is 26.3. The van der Waals surface area contributed by atoms with E-state index in [0.29, 0.717) is 10.4 Å². The summed E-state index contributed by atoms with van der Waals surface area (Å²) in [4.78, 5) is 27.5. The predicted octanol–water partition coefficient (Wildman–Crippen LogP) is 5.07. The van der Waals surface area contributed by atoms with Crippen molar-refractivity contribution in [1.82, 2.24) is 5.32 Å². The zero-order valence-electron chi connectivity index (χ0n) is 18.6. The number of halogens is 1. The molecule has 170 valence electrons. The lowest BCUT2D eigenvalue weighted by molar-refractivity contribution is -0.157. The first kappa shape index (κ1) is 21.9. The lowest BCUT2D eigenvalue weighted by atomic mass is 9.64. The Kier molecular flexibility index (Phi) is 5.21. The Morgan fingerprint density at radius 3 is 2.39 bits per heavy atom. The number of hydrogen-bond donors (Lipinski definition) is 2. The Bertz CT molecular complexity index is 1220. The van der Waals surface area contributed by atoms with Crippen LogP contribution in [0.3, 0.4) is 0 Å². The Morgan fingerprint density at radius 1 is 1.03 bits per heavy atom. The molecule has 6 nitrogen and oxygen atoms in total. The molecule has 33 heavy (non-hydrogen) atoms. The van der Waals surface area contributed by atoms with Gasteiger partial charge < -0.3 is 14.5 Å². The molecule has 4 atom stereocenters. The summed E-state index contributed by atoms with van der Waals surface area (Å²) < 4.78 is 12.3. The summed E-state index contributed by atoms with van der Waals surface area (Å²) in [6.07, 6.45) is 0. The molecule has 0 unspecified atom stereocenters. The van der Waals surface area contributed by atoms with Crippen LogP contribution in [0.4, 0.5) is 5.69 Å². The van der Waals surface area contributed by atoms with E-state index < -0.39 is 35.0 Å². The molecule has 2 N–H and O–H groups in total. The molecule has 1 fully saturated rings. The first-order valence-corrected chi connectivity index (χ1v) is 11.7. The summed E-state index contributed by atoms with van der Waals surface area (Å²) in [5, 5.41) is 6.51. The summed E-state index contributed by atoms with van der Waals surface area (Å²) in [6, 6.07) is 19.6. The lowest BCUT2D eigenvalue weighted by Gasteiger charge is -2.34. The van der Waals surface area contributed by atoms with Gasteiger partial charge >= 0.3 is 5.97 Å². The Labute approximate surface area is 200 Å². The zero-order chi connectivity index (χ0) is 23.4. The van der Waals surface area contributed by atoms with Crippen molar-refractivity contribution >= 4 is 33.5 Å². The van der Waals surface area contributed by atoms with Crippen LogP contribution in [0, 0.1) is 0 Å². The van der Waals surface area contributed by atoms with E-state index in [1.54, 1.807) is 6.07 Å². The van der Waals surface area contributed by atoms with Gasteiger partial charge in [0, 0.05) is 11.6 Å². The summed E-state index contributed by atoms with van der Waals surface area (Å²) >= 11 is 3.38. The van der Waals surface area contributed by atoms with Gasteiger partial charge in [-0.3, -0.25) is 14.9 Å². The lowest BCUT2D eigenvalue weighted by Crippen LogP contribution is -2.44. The van der Waals surface area contributed by atoms with Gasteiger partial charge in [0.25, 0.3) is 0 Å². The fraction of sp³-hybridized carbons (Fsp3) is 0.308. The van der Waals surface area contributed by atoms with Crippen molar-refractivity contribution in [3.63, 3.8) is 0 Å². The maximum atomic E-state index is 13.9. The molecule has 3 aromatic rings. The summed E-state index contributed by atoms with van der Waals surface area (Å²) in [7, 11) is 0. The van der Waals surface area contributed by atoms with E-state index in [1.807, 2.05) is 81.4 Å². The Hall–Kier alpha value is -2.90. The highest BCUT2D eigenvalue weighted by Gasteiger charge is 2.67. The number of carbonyl (C=O) groups excluding carboxylic acids is 2. The van der Waals surface area contributed by atoms with Crippen molar-refractivity contribution in [1.29, 1.82) is 0 Å². The first-order valence-electron chi connectivity index (χ1n) is 10.9. The molecule has 1 amide bonds. The average Bonchev–Trinajstić information content (AvgIpc) is 3.43. The molecule has 3 heterocycles. The van der Waals surface area contributed by atoms with E-state index in [-0.39, 0.29) is 5.91 Å². The number of hydrogen-bond acceptors (Lipinski definition) is 5. The fourth-order valence-electron chi connectivity index (χ4n) is 5.22. The summed E-state index contributed by atoms with van der Waals surface area (Å²) in [6.45, 7) is 5.52. The summed E-state index contributed by atoms with van der Waals surface area (Å²) in [5.41, 5.74) is 0.664. The number of para-hydroxylation sites is 1. The molecule has 0 radical (unpaired) electrons. The number of rotatable bonds is 3. The molecule has 2 aliphatic rings. The highest BCUT2D eigenvalue weighted by Crippen LogP contribution is 2.59. The minimum Gasteiger partial charge on any atom is -0.459 e. The number of anilines is 1. The van der Waals surface area contributed by atoms with Crippen molar-refractivity contribution in [3.8, 4) is 0 Å². The standard InChI is InChI=1S/C26H25BrN2O4/c1-25(2,3)33-23(30)21-20(15-9-5-4-6-10-15)26(22(29-21)18-13-14-19(27)32-18)16-11-7-8-12-17(16)28-24(26)31/h4-14,20-22,29H,1-3H3,(H,28,31)/t20-,21+,22-,26+/m1/s1. The van der Waals surface area contributed by atoms with Crippen molar-refractivity contribution < 1.29 is 18.7 Å². The average molecular weight is 509 g/mol. The first-order chi connectivity index (χ1) is 15.7. The van der Waals surface area contributed by atoms with Crippen LogP contribution in [0.1, 0.15) is 49.6 Å². The van der Waals surface area contributed by atoms with Crippen LogP contribution >= 0.6 is 15.9 Å². The van der Waals surface area contributed by atoms with Crippen molar-refractivity contribution in [2.45, 2.75) is 49.8 Å². The van der Waals surface area contributed by atoms with Crippen LogP contribution in [0.15, 0.2) is 75.8 Å². The number of benzene rings is 2. The van der Waals surface area contributed by atoms with Gasteiger partial charge in [-0.05, 0) is 66.0 Å². The third-order valence-corrected chi connectivity index (χ3v) is 6.75. The van der Waals surface area contributed by atoms with Gasteiger partial charge in [-0.15, -0.1) is 0 Å². The van der Waals surface area contributed by atoms with Crippen molar-refractivity contribution in [2.75, 3.05) is 5.32 Å². The molecular formula is C26H25BrN2O4. The van der Waals surface area contributed by atoms with E-state index >= 15 is 0 Å². The van der Waals surface area contributed by atoms with Crippen molar-refractivity contribution in [2.24, 2.45) is 0 Å². The number of ether oxygens (including phenoxy) is 1. The van der Waals surface area contributed by atoms with Gasteiger partial charge in [-0.1, -0.05) is 48.5 Å². The molecule has 1 spiro atoms. The topological polar surface area (TPSA) is 80.6 Å². The Balaban J connectivity index is 1.77. The minimum atomic E-state index is -1.11. The Morgan fingerprint density at radius 2 is 1.73 bits per heavy atom. The van der Waals surface area contributed by atoms with Crippen LogP contribution < -0.4 is 10.6 Å². The SMILES string of the molecule is CC(C)(C)OC(=O)[C@H]1N[C@H](c2ccc(Br)o2)[C@@]2(C(=O)Nc3ccccc32)[C@@H]1c1ccccc1. The van der Waals surface area contributed by atoms with E-state index in [2.05, 4.69) is 26.6 Å². The number of amides is 1. The largest absolute Gasteiger partial charge is 0.459 e. The number of carbonyl (C=O) groups is 2. The number of fused-ring (bicyclic) bond motifs is 2. The van der Waals surface area contributed by atoms with Gasteiger partial charge in [0.15, 0.2) is 4.67 Å². The van der Waals surface area contributed by atoms with Gasteiger partial charge in [0.1, 0.15) is 22.8 Å². The molecule has 0 saturated carbocycles. The minimum absolute atomic E-state index is 0.173. The molecule has 1 aromatic heterocycles. The fourth-order valence-corrected chi connectivity index (χ4v) is 5.54. The van der Waals surface area contributed by atoms with Gasteiger partial charge in [-0.2, -0.15) is 0 Å². The zero-order valence-corrected chi connectivity index (χ0v) is 20.2. The maximum Gasteiger partial charge on any atom is 0.324 e. The molecular weight excluding hydrogens is 484 g/mol. The monoisotopic (exact) mass is 508 g/mol. The molecule has 0 aliphatic carbocycles. The van der Waals surface area contributed by atoms with Crippen molar-refractivity contribution in [3.05, 3.63) is 88.3 Å². The molecule has 1 saturated heterocycles. The highest BCUT2D eigenvalue weighted by atomic mass is 79.9. The predicted molar refractivity (Wildman–Crippen MR) is 128 cm³/mol. The van der Waals surface area contributed by atoms with E-state index in [9.17, 15) is 9.59 Å². The molecule has 2 aliphatic heterocycles. The maximum absolute atomic E-state index is 13.9. The molecule has 5 rings (SSSR count). The van der Waals surface area contributed by atoms with Crippen LogP contribution in [0.25, 0.3) is 0 Å². The number of nitrogens with one attached hydrogen (secondary N) is 2. The smallest absolute Gasteiger partial charge is 0.324 e. The second-order valence-corrected chi connectivity index (χ2v) is 10.3. The van der Waals surface area contributed by atoms with Crippen LogP contribution in [-0.4, -0.2) is 23.5 Å². The second kappa shape index (κ2) is 7.85. The van der Waals surface area contributed by atoms with Gasteiger partial charge in [-0.25, -0.2) is 0 Å². The molecule has 0 bridgehead atoms. The van der Waals surface area contributed by atoms with Gasteiger partial charge in [0.2, 0.25) is 5.91 Å². The van der Waals surface area contributed by atoms with Crippen LogP contribution in [-0.2, 0) is 19.7 Å². The van der Waals surface area contributed by atoms with E-state index in [0.717, 1.165) is 16.8 Å². The number of esters is 1. The van der Waals surface area contributed by atoms with Gasteiger partial charge in [0.05, 0.1) is 6.04 Å². The second-order valence-electron chi connectivity index (χ2n) is 9.51. The third kappa shape index (κ3) is 3.50. The quantitative estimate of drug-likeness (QED) is 0.482. The third-order valence-electron chi connectivity index (χ3n) is 6.32. The number of furan rings is 1. The van der Waals surface area contributed by atoms with Crippen LogP contribution in [0.2, 0.25) is 0 Å². The summed E-state index contributed by atoms with van der Waals surface area (Å²) in [5.74, 6) is -0.526. The van der Waals surface area contributed by atoms with E-state index in [1.165, 1.54) is 0 Å². The highest BCUT2D eigenvalue weighted by molar-refractivity contribution is 9.10.